The summed E-state index contributed by atoms with van der Waals surface area (Å²) >= 11 is 0. The summed E-state index contributed by atoms with van der Waals surface area (Å²) in [6.45, 7) is 0.0956. The zero-order valence-corrected chi connectivity index (χ0v) is 14.3. The lowest BCUT2D eigenvalue weighted by molar-refractivity contribution is 0.251. The number of nitriles is 1. The first kappa shape index (κ1) is 18.0. The van der Waals surface area contributed by atoms with Crippen LogP contribution in [0, 0.1) is 17.1 Å². The van der Waals surface area contributed by atoms with E-state index in [2.05, 4.69) is 10.6 Å². The van der Waals surface area contributed by atoms with Gasteiger partial charge in [-0.15, -0.1) is 0 Å². The molecule has 6 heteroatoms. The molecule has 0 radical (unpaired) electrons. The Morgan fingerprint density at radius 1 is 0.963 bits per heavy atom. The van der Waals surface area contributed by atoms with E-state index in [0.29, 0.717) is 28.3 Å². The molecule has 0 fully saturated rings. The molecule has 3 rings (SSSR count). The van der Waals surface area contributed by atoms with Gasteiger partial charge in [0.25, 0.3) is 0 Å². The number of anilines is 1. The average molecular weight is 361 g/mol. The molecular weight excluding hydrogens is 345 g/mol. The van der Waals surface area contributed by atoms with Gasteiger partial charge < -0.3 is 15.4 Å². The number of hydrogen-bond donors (Lipinski definition) is 2. The fraction of sp³-hybridized carbons (Fsp3) is 0.0476. The molecule has 2 N–H and O–H groups in total. The van der Waals surface area contributed by atoms with Crippen molar-refractivity contribution in [1.29, 1.82) is 5.26 Å². The van der Waals surface area contributed by atoms with Crippen LogP contribution in [-0.4, -0.2) is 6.03 Å². The average Bonchev–Trinajstić information content (AvgIpc) is 2.69. The van der Waals surface area contributed by atoms with Crippen molar-refractivity contribution in [1.82, 2.24) is 5.32 Å². The van der Waals surface area contributed by atoms with E-state index in [0.717, 1.165) is 0 Å². The van der Waals surface area contributed by atoms with Crippen LogP contribution in [0.5, 0.6) is 11.5 Å². The maximum Gasteiger partial charge on any atom is 0.319 e. The normalized spacial score (nSPS) is 9.93. The molecule has 0 unspecified atom stereocenters. The van der Waals surface area contributed by atoms with E-state index in [1.54, 1.807) is 66.7 Å². The van der Waals surface area contributed by atoms with Crippen molar-refractivity contribution >= 4 is 11.7 Å². The van der Waals surface area contributed by atoms with Crippen molar-refractivity contribution < 1.29 is 13.9 Å². The lowest BCUT2D eigenvalue weighted by Gasteiger charge is -2.10. The highest BCUT2D eigenvalue weighted by molar-refractivity contribution is 5.89. The number of urea groups is 1. The highest BCUT2D eigenvalue weighted by Crippen LogP contribution is 2.23. The first-order valence-corrected chi connectivity index (χ1v) is 8.20. The molecular formula is C21H16FN3O2. The second-order valence-electron chi connectivity index (χ2n) is 5.66. The summed E-state index contributed by atoms with van der Waals surface area (Å²) in [5.74, 6) is 0.844. The fourth-order valence-corrected chi connectivity index (χ4v) is 2.33. The predicted molar refractivity (Wildman–Crippen MR) is 99.9 cm³/mol. The minimum atomic E-state index is -0.431. The van der Waals surface area contributed by atoms with Crippen molar-refractivity contribution in [3.05, 3.63) is 89.7 Å². The Balaban J connectivity index is 1.53. The quantitative estimate of drug-likeness (QED) is 0.685. The van der Waals surface area contributed by atoms with Gasteiger partial charge >= 0.3 is 6.03 Å². The van der Waals surface area contributed by atoms with Crippen LogP contribution in [-0.2, 0) is 6.54 Å². The second kappa shape index (κ2) is 8.50. The Bertz CT molecular complexity index is 964. The SMILES string of the molecule is N#Cc1ccc(Oc2ccc(NC(=O)NCc3ccccc3F)cc2)cc1. The van der Waals surface area contributed by atoms with E-state index in [4.69, 9.17) is 10.00 Å². The van der Waals surface area contributed by atoms with Crippen molar-refractivity contribution in [2.75, 3.05) is 5.32 Å². The van der Waals surface area contributed by atoms with Gasteiger partial charge in [0.15, 0.2) is 0 Å². The molecule has 0 aliphatic heterocycles. The van der Waals surface area contributed by atoms with Gasteiger partial charge in [-0.25, -0.2) is 9.18 Å². The van der Waals surface area contributed by atoms with Crippen molar-refractivity contribution in [2.45, 2.75) is 6.54 Å². The summed E-state index contributed by atoms with van der Waals surface area (Å²) in [6, 6.07) is 21.5. The number of ether oxygens (including phenoxy) is 1. The highest BCUT2D eigenvalue weighted by Gasteiger charge is 2.05. The van der Waals surface area contributed by atoms with E-state index in [1.165, 1.54) is 6.07 Å². The van der Waals surface area contributed by atoms with Crippen LogP contribution in [0.1, 0.15) is 11.1 Å². The minimum absolute atomic E-state index is 0.0956. The molecule has 0 saturated carbocycles. The second-order valence-corrected chi connectivity index (χ2v) is 5.66. The Hall–Kier alpha value is -3.85. The van der Waals surface area contributed by atoms with Gasteiger partial charge in [-0.1, -0.05) is 18.2 Å². The lowest BCUT2D eigenvalue weighted by atomic mass is 10.2. The third-order valence-corrected chi connectivity index (χ3v) is 3.73. The largest absolute Gasteiger partial charge is 0.457 e. The molecule has 134 valence electrons. The highest BCUT2D eigenvalue weighted by atomic mass is 19.1. The number of hydrogen-bond acceptors (Lipinski definition) is 3. The molecule has 0 aliphatic carbocycles. The Kier molecular flexibility index (Phi) is 5.65. The van der Waals surface area contributed by atoms with Crippen LogP contribution in [0.25, 0.3) is 0 Å². The van der Waals surface area contributed by atoms with Crippen LogP contribution in [0.2, 0.25) is 0 Å². The molecule has 0 heterocycles. The van der Waals surface area contributed by atoms with E-state index >= 15 is 0 Å². The fourth-order valence-electron chi connectivity index (χ4n) is 2.33. The van der Waals surface area contributed by atoms with E-state index in [-0.39, 0.29) is 12.4 Å². The smallest absolute Gasteiger partial charge is 0.319 e. The van der Waals surface area contributed by atoms with Crippen LogP contribution in [0.4, 0.5) is 14.9 Å². The lowest BCUT2D eigenvalue weighted by Crippen LogP contribution is -2.28. The van der Waals surface area contributed by atoms with Crippen LogP contribution in [0.3, 0.4) is 0 Å². The van der Waals surface area contributed by atoms with E-state index in [1.807, 2.05) is 6.07 Å². The number of carbonyl (C=O) groups excluding carboxylic acids is 1. The van der Waals surface area contributed by atoms with Gasteiger partial charge in [0.2, 0.25) is 0 Å². The van der Waals surface area contributed by atoms with Crippen LogP contribution >= 0.6 is 0 Å². The molecule has 0 aliphatic rings. The summed E-state index contributed by atoms with van der Waals surface area (Å²) in [5.41, 5.74) is 1.55. The monoisotopic (exact) mass is 361 g/mol. The molecule has 0 atom stereocenters. The first-order chi connectivity index (χ1) is 13.1. The Morgan fingerprint density at radius 2 is 1.59 bits per heavy atom. The van der Waals surface area contributed by atoms with Crippen molar-refractivity contribution in [3.63, 3.8) is 0 Å². The molecule has 0 saturated heterocycles. The number of nitrogens with one attached hydrogen (secondary N) is 2. The number of nitrogens with zero attached hydrogens (tertiary/aromatic N) is 1. The first-order valence-electron chi connectivity index (χ1n) is 8.20. The molecule has 0 spiro atoms. The molecule has 0 aromatic heterocycles. The van der Waals surface area contributed by atoms with E-state index in [9.17, 15) is 9.18 Å². The summed E-state index contributed by atoms with van der Waals surface area (Å²) in [5, 5.41) is 14.1. The van der Waals surface area contributed by atoms with Crippen LogP contribution in [0.15, 0.2) is 72.8 Å². The third-order valence-electron chi connectivity index (χ3n) is 3.73. The van der Waals surface area contributed by atoms with Gasteiger partial charge in [-0.2, -0.15) is 5.26 Å². The standard InChI is InChI=1S/C21H16FN3O2/c22-20-4-2-1-3-16(20)14-24-21(26)25-17-7-11-19(12-8-17)27-18-9-5-15(13-23)6-10-18/h1-12H,14H2,(H2,24,25,26). The van der Waals surface area contributed by atoms with Gasteiger partial charge in [0.05, 0.1) is 11.6 Å². The maximum atomic E-state index is 13.5. The van der Waals surface area contributed by atoms with Crippen molar-refractivity contribution in [3.8, 4) is 17.6 Å². The zero-order chi connectivity index (χ0) is 19.1. The number of rotatable bonds is 5. The molecule has 2 amide bonds. The minimum Gasteiger partial charge on any atom is -0.457 e. The molecule has 3 aromatic rings. The topological polar surface area (TPSA) is 74.1 Å². The summed E-state index contributed by atoms with van der Waals surface area (Å²) < 4.78 is 19.2. The zero-order valence-electron chi connectivity index (χ0n) is 14.3. The summed E-state index contributed by atoms with van der Waals surface area (Å²) in [4.78, 5) is 11.9. The van der Waals surface area contributed by atoms with Crippen molar-refractivity contribution in [2.24, 2.45) is 0 Å². The van der Waals surface area contributed by atoms with Crippen LogP contribution < -0.4 is 15.4 Å². The summed E-state index contributed by atoms with van der Waals surface area (Å²) in [7, 11) is 0. The number of amides is 2. The Morgan fingerprint density at radius 3 is 2.22 bits per heavy atom. The molecule has 0 bridgehead atoms. The molecule has 5 nitrogen and oxygen atoms in total. The van der Waals surface area contributed by atoms with Gasteiger partial charge in [-0.05, 0) is 54.6 Å². The maximum absolute atomic E-state index is 13.5. The number of halogens is 1. The van der Waals surface area contributed by atoms with Gasteiger partial charge in [0.1, 0.15) is 17.3 Å². The van der Waals surface area contributed by atoms with E-state index < -0.39 is 6.03 Å². The number of carbonyl (C=O) groups is 1. The number of benzene rings is 3. The predicted octanol–water partition coefficient (Wildman–Crippen LogP) is 4.81. The Labute approximate surface area is 156 Å². The van der Waals surface area contributed by atoms with Gasteiger partial charge in [-0.3, -0.25) is 0 Å². The molecule has 3 aromatic carbocycles. The summed E-state index contributed by atoms with van der Waals surface area (Å²) in [6.07, 6.45) is 0. The third kappa shape index (κ3) is 5.06. The van der Waals surface area contributed by atoms with Gasteiger partial charge in [0, 0.05) is 17.8 Å². The molecule has 27 heavy (non-hydrogen) atoms.